The number of ether oxygens (including phenoxy) is 1. The van der Waals surface area contributed by atoms with Gasteiger partial charge in [0.05, 0.1) is 11.9 Å². The Morgan fingerprint density at radius 2 is 1.77 bits per heavy atom. The first-order chi connectivity index (χ1) is 18.4. The van der Waals surface area contributed by atoms with Gasteiger partial charge in [-0.15, -0.1) is 0 Å². The molecule has 0 saturated heterocycles. The lowest BCUT2D eigenvalue weighted by Gasteiger charge is -2.31. The highest BCUT2D eigenvalue weighted by atomic mass is 32.2. The maximum Gasteiger partial charge on any atom is 0.265 e. The first-order valence-corrected chi connectivity index (χ1v) is 15.2. The molecule has 0 aliphatic heterocycles. The van der Waals surface area contributed by atoms with Crippen LogP contribution in [0.5, 0.6) is 5.75 Å². The van der Waals surface area contributed by atoms with Crippen LogP contribution >= 0.6 is 0 Å². The zero-order valence-corrected chi connectivity index (χ0v) is 24.2. The van der Waals surface area contributed by atoms with E-state index in [4.69, 9.17) is 4.74 Å². The van der Waals surface area contributed by atoms with Crippen LogP contribution in [0.3, 0.4) is 0 Å². The molecule has 1 atom stereocenters. The number of hydrogen-bond acceptors (Lipinski definition) is 5. The first kappa shape index (κ1) is 29.2. The van der Waals surface area contributed by atoms with Crippen molar-refractivity contribution in [3.05, 3.63) is 82.9 Å². The zero-order valence-electron chi connectivity index (χ0n) is 23.4. The smallest absolute Gasteiger partial charge is 0.265 e. The van der Waals surface area contributed by atoms with Crippen LogP contribution in [0.4, 0.5) is 4.39 Å². The van der Waals surface area contributed by atoms with Gasteiger partial charge in [0.25, 0.3) is 10.1 Å². The van der Waals surface area contributed by atoms with Crippen LogP contribution in [0.2, 0.25) is 0 Å². The van der Waals surface area contributed by atoms with E-state index >= 15 is 0 Å². The average Bonchev–Trinajstić information content (AvgIpc) is 3.71. The number of pyridine rings is 1. The highest BCUT2D eigenvalue weighted by molar-refractivity contribution is 7.85. The topological polar surface area (TPSA) is 79.7 Å². The van der Waals surface area contributed by atoms with Gasteiger partial charge in [0.1, 0.15) is 18.2 Å². The molecule has 1 heterocycles. The maximum absolute atomic E-state index is 14.9. The summed E-state index contributed by atoms with van der Waals surface area (Å²) in [7, 11) is -4.08. The van der Waals surface area contributed by atoms with E-state index in [-0.39, 0.29) is 23.4 Å². The van der Waals surface area contributed by atoms with Crippen molar-refractivity contribution in [2.75, 3.05) is 5.75 Å². The number of nitrogens with zero attached hydrogens (tertiary/aromatic N) is 2. The van der Waals surface area contributed by atoms with E-state index in [0.29, 0.717) is 36.5 Å². The molecule has 210 valence electrons. The van der Waals surface area contributed by atoms with Crippen molar-refractivity contribution in [3.8, 4) is 16.9 Å². The Morgan fingerprint density at radius 3 is 2.41 bits per heavy atom. The van der Waals surface area contributed by atoms with Crippen LogP contribution in [0, 0.1) is 18.7 Å². The molecule has 0 spiro atoms. The molecule has 1 unspecified atom stereocenters. The molecule has 2 aromatic carbocycles. The fourth-order valence-electron chi connectivity index (χ4n) is 5.27. The number of halogens is 1. The van der Waals surface area contributed by atoms with Gasteiger partial charge >= 0.3 is 0 Å². The maximum atomic E-state index is 14.9. The standard InChI is InChI=1S/C31H39FN2O4S/c1-20(2)34(21(3)4)17-26-14-23(9-12-28(26)29-13-22(5)33-16-31(29)32)18-38-27-8-6-7-25(15-27)30(24-10-11-24)19-39(35,36)37/h6-9,12-16,20-21,24,30H,10-11,17-19H2,1-5H3,(H,35,36,37). The van der Waals surface area contributed by atoms with Crippen molar-refractivity contribution in [2.45, 2.75) is 78.6 Å². The van der Waals surface area contributed by atoms with E-state index in [9.17, 15) is 17.4 Å². The molecule has 0 bridgehead atoms. The van der Waals surface area contributed by atoms with Crippen LogP contribution < -0.4 is 4.74 Å². The van der Waals surface area contributed by atoms with E-state index in [1.54, 1.807) is 6.07 Å². The molecule has 1 fully saturated rings. The third-order valence-electron chi connectivity index (χ3n) is 7.40. The summed E-state index contributed by atoms with van der Waals surface area (Å²) < 4.78 is 53.7. The van der Waals surface area contributed by atoms with Crippen molar-refractivity contribution in [3.63, 3.8) is 0 Å². The van der Waals surface area contributed by atoms with Gasteiger partial charge in [-0.1, -0.05) is 30.3 Å². The number of hydrogen-bond donors (Lipinski definition) is 1. The average molecular weight is 555 g/mol. The number of aromatic nitrogens is 1. The largest absolute Gasteiger partial charge is 0.489 e. The molecule has 1 N–H and O–H groups in total. The number of rotatable bonds is 12. The van der Waals surface area contributed by atoms with Crippen molar-refractivity contribution in [2.24, 2.45) is 5.92 Å². The molecule has 0 radical (unpaired) electrons. The minimum atomic E-state index is -4.08. The molecule has 1 aromatic heterocycles. The van der Waals surface area contributed by atoms with Gasteiger partial charge in [-0.3, -0.25) is 14.4 Å². The summed E-state index contributed by atoms with van der Waals surface area (Å²) in [5, 5.41) is 0. The normalized spacial score (nSPS) is 14.8. The van der Waals surface area contributed by atoms with Gasteiger partial charge in [0, 0.05) is 35.8 Å². The van der Waals surface area contributed by atoms with Crippen molar-refractivity contribution < 1.29 is 22.1 Å². The van der Waals surface area contributed by atoms with Crippen molar-refractivity contribution >= 4 is 10.1 Å². The van der Waals surface area contributed by atoms with Crippen LogP contribution in [-0.2, 0) is 23.3 Å². The van der Waals surface area contributed by atoms with E-state index in [1.807, 2.05) is 43.3 Å². The number of aryl methyl sites for hydroxylation is 1. The Labute approximate surface area is 232 Å². The molecule has 39 heavy (non-hydrogen) atoms. The fourth-order valence-corrected chi connectivity index (χ4v) is 6.19. The summed E-state index contributed by atoms with van der Waals surface area (Å²) in [5.74, 6) is 0.0315. The summed E-state index contributed by atoms with van der Waals surface area (Å²) in [5.41, 5.74) is 4.96. The lowest BCUT2D eigenvalue weighted by atomic mass is 9.96. The van der Waals surface area contributed by atoms with E-state index in [0.717, 1.165) is 40.8 Å². The monoisotopic (exact) mass is 554 g/mol. The molecular weight excluding hydrogens is 515 g/mol. The summed E-state index contributed by atoms with van der Waals surface area (Å²) in [6, 6.07) is 15.9. The lowest BCUT2D eigenvalue weighted by molar-refractivity contribution is 0.166. The summed E-state index contributed by atoms with van der Waals surface area (Å²) >= 11 is 0. The van der Waals surface area contributed by atoms with E-state index < -0.39 is 10.1 Å². The van der Waals surface area contributed by atoms with Gasteiger partial charge in [-0.05, 0) is 93.8 Å². The predicted molar refractivity (Wildman–Crippen MR) is 153 cm³/mol. The highest BCUT2D eigenvalue weighted by Crippen LogP contribution is 2.44. The SMILES string of the molecule is Cc1cc(-c2ccc(COc3cccc(C(CS(=O)(=O)O)C4CC4)c3)cc2CN(C(C)C)C(C)C)c(F)cn1. The molecule has 1 aliphatic rings. The molecule has 3 aromatic rings. The second-order valence-corrected chi connectivity index (χ2v) is 12.7. The summed E-state index contributed by atoms with van der Waals surface area (Å²) in [4.78, 5) is 6.46. The summed E-state index contributed by atoms with van der Waals surface area (Å²) in [6.45, 7) is 11.5. The third kappa shape index (κ3) is 7.87. The Kier molecular flexibility index (Phi) is 9.09. The summed E-state index contributed by atoms with van der Waals surface area (Å²) in [6.07, 6.45) is 3.20. The third-order valence-corrected chi connectivity index (χ3v) is 8.18. The second kappa shape index (κ2) is 12.1. The molecule has 1 aliphatic carbocycles. The lowest BCUT2D eigenvalue weighted by Crippen LogP contribution is -2.36. The molecule has 1 saturated carbocycles. The van der Waals surface area contributed by atoms with Gasteiger partial charge in [-0.2, -0.15) is 8.42 Å². The minimum absolute atomic E-state index is 0.244. The zero-order chi connectivity index (χ0) is 28.3. The molecular formula is C31H39FN2O4S. The minimum Gasteiger partial charge on any atom is -0.489 e. The number of benzene rings is 2. The van der Waals surface area contributed by atoms with Crippen LogP contribution in [0.15, 0.2) is 54.7 Å². The van der Waals surface area contributed by atoms with Crippen molar-refractivity contribution in [1.29, 1.82) is 0 Å². The van der Waals surface area contributed by atoms with Crippen LogP contribution in [-0.4, -0.2) is 40.7 Å². The quantitative estimate of drug-likeness (QED) is 0.249. The Bertz CT molecular complexity index is 1400. The van der Waals surface area contributed by atoms with Gasteiger partial charge < -0.3 is 4.74 Å². The Hall–Kier alpha value is -2.81. The Balaban J connectivity index is 1.60. The predicted octanol–water partition coefficient (Wildman–Crippen LogP) is 6.78. The molecule has 6 nitrogen and oxygen atoms in total. The van der Waals surface area contributed by atoms with Gasteiger partial charge in [0.15, 0.2) is 0 Å². The second-order valence-electron chi connectivity index (χ2n) is 11.2. The molecule has 0 amide bonds. The first-order valence-electron chi connectivity index (χ1n) is 13.6. The van der Waals surface area contributed by atoms with Gasteiger partial charge in [0.2, 0.25) is 0 Å². The fraction of sp³-hybridized carbons (Fsp3) is 0.452. The van der Waals surface area contributed by atoms with Crippen LogP contribution in [0.1, 0.15) is 68.8 Å². The molecule has 4 rings (SSSR count). The Morgan fingerprint density at radius 1 is 1.05 bits per heavy atom. The van der Waals surface area contributed by atoms with Crippen molar-refractivity contribution in [1.82, 2.24) is 9.88 Å². The van der Waals surface area contributed by atoms with E-state index in [1.165, 1.54) is 6.20 Å². The van der Waals surface area contributed by atoms with Crippen LogP contribution in [0.25, 0.3) is 11.1 Å². The van der Waals surface area contributed by atoms with E-state index in [2.05, 4.69) is 43.6 Å². The highest BCUT2D eigenvalue weighted by Gasteiger charge is 2.35. The van der Waals surface area contributed by atoms with Gasteiger partial charge in [-0.25, -0.2) is 4.39 Å². The molecule has 8 heteroatoms.